The fourth-order valence-electron chi connectivity index (χ4n) is 4.92. The van der Waals surface area contributed by atoms with Gasteiger partial charge >= 0.3 is 0 Å². The number of nitrogens with one attached hydrogen (secondary N) is 1. The third-order valence-corrected chi connectivity index (χ3v) is 6.92. The number of benzene rings is 1. The van der Waals surface area contributed by atoms with Crippen LogP contribution >= 0.6 is 0 Å². The van der Waals surface area contributed by atoms with Crippen LogP contribution in [-0.4, -0.2) is 73.5 Å². The van der Waals surface area contributed by atoms with Gasteiger partial charge in [0.1, 0.15) is 0 Å². The average Bonchev–Trinajstić information content (AvgIpc) is 2.74. The number of carbonyl (C=O) groups excluding carboxylic acids is 2. The SMILES string of the molecule is C[C@H]1CCCCN1CCN1CCN(c2ccc(C3CCC(=O)NC3=O)cc2)CC1. The summed E-state index contributed by atoms with van der Waals surface area (Å²) in [6.07, 6.45) is 5.13. The second-order valence-corrected chi connectivity index (χ2v) is 8.80. The molecule has 6 nitrogen and oxygen atoms in total. The quantitative estimate of drug-likeness (QED) is 0.771. The molecule has 3 saturated heterocycles. The monoisotopic (exact) mass is 398 g/mol. The van der Waals surface area contributed by atoms with E-state index in [0.717, 1.165) is 37.8 Å². The van der Waals surface area contributed by atoms with Gasteiger partial charge in [-0.2, -0.15) is 0 Å². The lowest BCUT2D eigenvalue weighted by Crippen LogP contribution is -2.49. The van der Waals surface area contributed by atoms with Crippen LogP contribution in [0.1, 0.15) is 50.5 Å². The van der Waals surface area contributed by atoms with Gasteiger partial charge < -0.3 is 4.90 Å². The van der Waals surface area contributed by atoms with Crippen molar-refractivity contribution in [2.75, 3.05) is 50.7 Å². The first-order chi connectivity index (χ1) is 14.1. The molecule has 3 heterocycles. The molecular formula is C23H34N4O2. The van der Waals surface area contributed by atoms with Crippen molar-refractivity contribution in [3.8, 4) is 0 Å². The number of hydrogen-bond acceptors (Lipinski definition) is 5. The van der Waals surface area contributed by atoms with E-state index in [1.807, 2.05) is 0 Å². The van der Waals surface area contributed by atoms with E-state index in [4.69, 9.17) is 0 Å². The largest absolute Gasteiger partial charge is 0.369 e. The van der Waals surface area contributed by atoms with E-state index >= 15 is 0 Å². The van der Waals surface area contributed by atoms with Crippen molar-refractivity contribution < 1.29 is 9.59 Å². The molecular weight excluding hydrogens is 364 g/mol. The molecule has 0 spiro atoms. The number of rotatable bonds is 5. The number of hydrogen-bond donors (Lipinski definition) is 1. The summed E-state index contributed by atoms with van der Waals surface area (Å²) >= 11 is 0. The van der Waals surface area contributed by atoms with Gasteiger partial charge in [0.05, 0.1) is 5.92 Å². The molecule has 1 unspecified atom stereocenters. The Morgan fingerprint density at radius 3 is 2.38 bits per heavy atom. The van der Waals surface area contributed by atoms with Crippen molar-refractivity contribution in [3.05, 3.63) is 29.8 Å². The third-order valence-electron chi connectivity index (χ3n) is 6.92. The zero-order chi connectivity index (χ0) is 20.2. The molecule has 3 fully saturated rings. The van der Waals surface area contributed by atoms with Crippen molar-refractivity contribution in [2.45, 2.75) is 51.0 Å². The zero-order valence-corrected chi connectivity index (χ0v) is 17.6. The highest BCUT2D eigenvalue weighted by atomic mass is 16.2. The first-order valence-corrected chi connectivity index (χ1v) is 11.2. The molecule has 6 heteroatoms. The zero-order valence-electron chi connectivity index (χ0n) is 17.6. The molecule has 29 heavy (non-hydrogen) atoms. The molecule has 158 valence electrons. The Hall–Kier alpha value is -1.92. The Morgan fingerprint density at radius 2 is 1.69 bits per heavy atom. The fourth-order valence-corrected chi connectivity index (χ4v) is 4.92. The molecule has 3 aliphatic heterocycles. The van der Waals surface area contributed by atoms with Crippen LogP contribution in [0.3, 0.4) is 0 Å². The van der Waals surface area contributed by atoms with Gasteiger partial charge in [-0.15, -0.1) is 0 Å². The molecule has 0 saturated carbocycles. The highest BCUT2D eigenvalue weighted by Gasteiger charge is 2.28. The summed E-state index contributed by atoms with van der Waals surface area (Å²) in [6.45, 7) is 10.3. The molecule has 1 aromatic rings. The van der Waals surface area contributed by atoms with Gasteiger partial charge in [0.25, 0.3) is 0 Å². The molecule has 4 rings (SSSR count). The summed E-state index contributed by atoms with van der Waals surface area (Å²) in [6, 6.07) is 9.11. The molecule has 1 N–H and O–H groups in total. The second-order valence-electron chi connectivity index (χ2n) is 8.80. The van der Waals surface area contributed by atoms with Gasteiger partial charge in [-0.3, -0.25) is 24.7 Å². The van der Waals surface area contributed by atoms with Crippen LogP contribution < -0.4 is 10.2 Å². The summed E-state index contributed by atoms with van der Waals surface area (Å²) in [5.41, 5.74) is 2.23. The number of piperazine rings is 1. The normalized spacial score (nSPS) is 27.1. The third kappa shape index (κ3) is 4.98. The van der Waals surface area contributed by atoms with E-state index in [-0.39, 0.29) is 17.7 Å². The number of likely N-dealkylation sites (tertiary alicyclic amines) is 1. The van der Waals surface area contributed by atoms with E-state index in [2.05, 4.69) is 51.2 Å². The van der Waals surface area contributed by atoms with Crippen LogP contribution in [0, 0.1) is 0 Å². The van der Waals surface area contributed by atoms with Gasteiger partial charge in [-0.05, 0) is 50.4 Å². The smallest absolute Gasteiger partial charge is 0.234 e. The lowest BCUT2D eigenvalue weighted by molar-refractivity contribution is -0.134. The molecule has 0 aromatic heterocycles. The molecule has 0 aliphatic carbocycles. The van der Waals surface area contributed by atoms with Crippen molar-refractivity contribution in [1.82, 2.24) is 15.1 Å². The van der Waals surface area contributed by atoms with Crippen LogP contribution in [0.4, 0.5) is 5.69 Å². The fraction of sp³-hybridized carbons (Fsp3) is 0.652. The van der Waals surface area contributed by atoms with Crippen LogP contribution in [0.15, 0.2) is 24.3 Å². The summed E-state index contributed by atoms with van der Waals surface area (Å²) in [5.74, 6) is -0.517. The van der Waals surface area contributed by atoms with Crippen molar-refractivity contribution in [2.24, 2.45) is 0 Å². The first kappa shape index (κ1) is 20.4. The number of nitrogens with zero attached hydrogens (tertiary/aromatic N) is 3. The average molecular weight is 399 g/mol. The van der Waals surface area contributed by atoms with Gasteiger partial charge in [0.15, 0.2) is 0 Å². The van der Waals surface area contributed by atoms with E-state index in [1.54, 1.807) is 0 Å². The number of imide groups is 1. The van der Waals surface area contributed by atoms with Crippen molar-refractivity contribution >= 4 is 17.5 Å². The molecule has 2 atom stereocenters. The Labute approximate surface area is 174 Å². The minimum Gasteiger partial charge on any atom is -0.369 e. The van der Waals surface area contributed by atoms with E-state index < -0.39 is 0 Å². The number of piperidine rings is 2. The lowest BCUT2D eigenvalue weighted by Gasteiger charge is -2.39. The summed E-state index contributed by atoms with van der Waals surface area (Å²) in [5, 5.41) is 2.45. The first-order valence-electron chi connectivity index (χ1n) is 11.2. The summed E-state index contributed by atoms with van der Waals surface area (Å²) < 4.78 is 0. The molecule has 3 aliphatic rings. The highest BCUT2D eigenvalue weighted by Crippen LogP contribution is 2.27. The van der Waals surface area contributed by atoms with Gasteiger partial charge in [0, 0.05) is 57.4 Å². The minimum atomic E-state index is -0.198. The molecule has 2 amide bonds. The summed E-state index contributed by atoms with van der Waals surface area (Å²) in [7, 11) is 0. The maximum absolute atomic E-state index is 12.1. The number of anilines is 1. The Morgan fingerprint density at radius 1 is 0.931 bits per heavy atom. The van der Waals surface area contributed by atoms with Crippen LogP contribution in [0.2, 0.25) is 0 Å². The maximum atomic E-state index is 12.1. The van der Waals surface area contributed by atoms with Crippen LogP contribution in [0.5, 0.6) is 0 Å². The highest BCUT2D eigenvalue weighted by molar-refractivity contribution is 6.00. The number of carbonyl (C=O) groups is 2. The predicted molar refractivity (Wildman–Crippen MR) is 115 cm³/mol. The Kier molecular flexibility index (Phi) is 6.50. The minimum absolute atomic E-state index is 0.157. The lowest BCUT2D eigenvalue weighted by atomic mass is 9.90. The van der Waals surface area contributed by atoms with Crippen LogP contribution in [-0.2, 0) is 9.59 Å². The standard InChI is InChI=1S/C23H34N4O2/c1-18-4-2-3-11-26(18)15-12-25-13-16-27(17-14-25)20-7-5-19(6-8-20)21-9-10-22(28)24-23(21)29/h5-8,18,21H,2-4,9-17H2,1H3,(H,24,28,29)/t18-,21?/m0/s1. The van der Waals surface area contributed by atoms with E-state index in [0.29, 0.717) is 12.8 Å². The Balaban J connectivity index is 1.25. The summed E-state index contributed by atoms with van der Waals surface area (Å²) in [4.78, 5) is 31.1. The molecule has 0 bridgehead atoms. The molecule has 1 aromatic carbocycles. The maximum Gasteiger partial charge on any atom is 0.234 e. The van der Waals surface area contributed by atoms with E-state index in [9.17, 15) is 9.59 Å². The Bertz CT molecular complexity index is 712. The van der Waals surface area contributed by atoms with Gasteiger partial charge in [-0.1, -0.05) is 18.6 Å². The second kappa shape index (κ2) is 9.26. The predicted octanol–water partition coefficient (Wildman–Crippen LogP) is 2.20. The number of amides is 2. The van der Waals surface area contributed by atoms with Gasteiger partial charge in [0.2, 0.25) is 11.8 Å². The topological polar surface area (TPSA) is 55.9 Å². The van der Waals surface area contributed by atoms with E-state index in [1.165, 1.54) is 44.6 Å². The van der Waals surface area contributed by atoms with Crippen molar-refractivity contribution in [3.63, 3.8) is 0 Å². The van der Waals surface area contributed by atoms with Gasteiger partial charge in [-0.25, -0.2) is 0 Å². The van der Waals surface area contributed by atoms with Crippen molar-refractivity contribution in [1.29, 1.82) is 0 Å². The van der Waals surface area contributed by atoms with Crippen LogP contribution in [0.25, 0.3) is 0 Å². The molecule has 0 radical (unpaired) electrons.